The van der Waals surface area contributed by atoms with E-state index in [4.69, 9.17) is 0 Å². The Kier molecular flexibility index (Phi) is 3.50. The van der Waals surface area contributed by atoms with E-state index in [0.29, 0.717) is 0 Å². The van der Waals surface area contributed by atoms with Gasteiger partial charge in [0.1, 0.15) is 0 Å². The van der Waals surface area contributed by atoms with E-state index in [2.05, 4.69) is 38.5 Å². The summed E-state index contributed by atoms with van der Waals surface area (Å²) in [6, 6.07) is 7.80. The number of carbonyl (C=O) groups excluding carboxylic acids is 1. The van der Waals surface area contributed by atoms with Gasteiger partial charge in [-0.05, 0) is 41.5 Å². The molecule has 1 aromatic rings. The van der Waals surface area contributed by atoms with Crippen LogP contribution >= 0.6 is 38.5 Å². The lowest BCUT2D eigenvalue weighted by atomic mass is 9.96. The third-order valence-electron chi connectivity index (χ3n) is 2.92. The van der Waals surface area contributed by atoms with Gasteiger partial charge in [-0.2, -0.15) is 0 Å². The predicted octanol–water partition coefficient (Wildman–Crippen LogP) is 4.18. The minimum atomic E-state index is -0.283. The number of ketones is 1. The second-order valence-electron chi connectivity index (χ2n) is 3.98. The zero-order chi connectivity index (χ0) is 10.9. The Hall–Kier alpha value is 0.1000. The SMILES string of the molecule is O=C(c1ccccc1I)C1(Br)CCCC1. The van der Waals surface area contributed by atoms with Crippen LogP contribution in [0.4, 0.5) is 0 Å². The summed E-state index contributed by atoms with van der Waals surface area (Å²) in [7, 11) is 0. The molecule has 0 unspecified atom stereocenters. The van der Waals surface area contributed by atoms with Gasteiger partial charge in [-0.3, -0.25) is 4.79 Å². The first-order chi connectivity index (χ1) is 7.13. The molecule has 1 aromatic carbocycles. The van der Waals surface area contributed by atoms with E-state index in [1.165, 1.54) is 0 Å². The molecule has 0 saturated heterocycles. The lowest BCUT2D eigenvalue weighted by molar-refractivity contribution is 0.0947. The highest BCUT2D eigenvalue weighted by atomic mass is 127. The first-order valence-corrected chi connectivity index (χ1v) is 6.99. The van der Waals surface area contributed by atoms with E-state index < -0.39 is 0 Å². The fraction of sp³-hybridized carbons (Fsp3) is 0.417. The molecule has 0 aliphatic heterocycles. The second-order valence-corrected chi connectivity index (χ2v) is 6.66. The summed E-state index contributed by atoms with van der Waals surface area (Å²) >= 11 is 5.86. The molecule has 0 radical (unpaired) electrons. The lowest BCUT2D eigenvalue weighted by Crippen LogP contribution is -2.29. The summed E-state index contributed by atoms with van der Waals surface area (Å²) in [4.78, 5) is 12.3. The molecule has 1 nitrogen and oxygen atoms in total. The molecule has 80 valence electrons. The van der Waals surface area contributed by atoms with Gasteiger partial charge in [0.25, 0.3) is 0 Å². The number of alkyl halides is 1. The van der Waals surface area contributed by atoms with Gasteiger partial charge >= 0.3 is 0 Å². The van der Waals surface area contributed by atoms with E-state index in [-0.39, 0.29) is 10.1 Å². The van der Waals surface area contributed by atoms with Crippen molar-refractivity contribution in [2.45, 2.75) is 30.0 Å². The van der Waals surface area contributed by atoms with Crippen molar-refractivity contribution in [3.8, 4) is 0 Å². The van der Waals surface area contributed by atoms with Crippen molar-refractivity contribution in [3.05, 3.63) is 33.4 Å². The Bertz CT molecular complexity index is 383. The molecule has 3 heteroatoms. The first-order valence-electron chi connectivity index (χ1n) is 5.12. The second kappa shape index (κ2) is 4.53. The molecule has 0 atom stereocenters. The molecule has 1 aliphatic carbocycles. The predicted molar refractivity (Wildman–Crippen MR) is 73.6 cm³/mol. The molecule has 0 bridgehead atoms. The maximum Gasteiger partial charge on any atom is 0.180 e. The highest BCUT2D eigenvalue weighted by Crippen LogP contribution is 2.40. The molecular weight excluding hydrogens is 367 g/mol. The van der Waals surface area contributed by atoms with Crippen LogP contribution in [0, 0.1) is 3.57 Å². The molecule has 1 aliphatic rings. The highest BCUT2D eigenvalue weighted by Gasteiger charge is 2.39. The summed E-state index contributed by atoms with van der Waals surface area (Å²) in [5.74, 6) is 0.255. The number of hydrogen-bond donors (Lipinski definition) is 0. The van der Waals surface area contributed by atoms with Crippen molar-refractivity contribution in [2.24, 2.45) is 0 Å². The summed E-state index contributed by atoms with van der Waals surface area (Å²) in [6.07, 6.45) is 4.24. The van der Waals surface area contributed by atoms with E-state index in [9.17, 15) is 4.79 Å². The number of Topliss-reactive ketones (excluding diaryl/α,β-unsaturated/α-hetero) is 1. The average molecular weight is 379 g/mol. The smallest absolute Gasteiger partial charge is 0.180 e. The summed E-state index contributed by atoms with van der Waals surface area (Å²) in [5, 5.41) is 0. The minimum absolute atomic E-state index is 0.255. The van der Waals surface area contributed by atoms with Crippen LogP contribution in [0.1, 0.15) is 36.0 Å². The lowest BCUT2D eigenvalue weighted by Gasteiger charge is -2.20. The quantitative estimate of drug-likeness (QED) is 0.428. The topological polar surface area (TPSA) is 17.1 Å². The summed E-state index contributed by atoms with van der Waals surface area (Å²) in [6.45, 7) is 0. The fourth-order valence-corrected chi connectivity index (χ4v) is 3.46. The van der Waals surface area contributed by atoms with Gasteiger partial charge in [0.15, 0.2) is 5.78 Å². The molecule has 0 N–H and O–H groups in total. The Balaban J connectivity index is 2.32. The fourth-order valence-electron chi connectivity index (χ4n) is 2.05. The van der Waals surface area contributed by atoms with Crippen molar-refractivity contribution in [1.29, 1.82) is 0 Å². The normalized spacial score (nSPS) is 19.1. The van der Waals surface area contributed by atoms with Crippen molar-refractivity contribution in [1.82, 2.24) is 0 Å². The van der Waals surface area contributed by atoms with Crippen molar-refractivity contribution >= 4 is 44.3 Å². The number of halogens is 2. The Morgan fingerprint density at radius 1 is 1.27 bits per heavy atom. The molecule has 0 spiro atoms. The van der Waals surface area contributed by atoms with Gasteiger partial charge in [-0.25, -0.2) is 0 Å². The molecular formula is C12H12BrIO. The molecule has 1 saturated carbocycles. The summed E-state index contributed by atoms with van der Waals surface area (Å²) < 4.78 is 0.764. The number of benzene rings is 1. The Morgan fingerprint density at radius 2 is 1.87 bits per heavy atom. The molecule has 2 rings (SSSR count). The third kappa shape index (κ3) is 2.28. The molecule has 0 heterocycles. The molecule has 1 fully saturated rings. The van der Waals surface area contributed by atoms with Crippen LogP contribution in [-0.2, 0) is 0 Å². The van der Waals surface area contributed by atoms with Crippen LogP contribution in [-0.4, -0.2) is 10.1 Å². The molecule has 15 heavy (non-hydrogen) atoms. The van der Waals surface area contributed by atoms with Gasteiger partial charge in [-0.1, -0.05) is 47.0 Å². The average Bonchev–Trinajstić information content (AvgIpc) is 2.66. The van der Waals surface area contributed by atoms with Crippen LogP contribution in [0.25, 0.3) is 0 Å². The van der Waals surface area contributed by atoms with Crippen LogP contribution in [0.2, 0.25) is 0 Å². The largest absolute Gasteiger partial charge is 0.293 e. The standard InChI is InChI=1S/C12H12BrIO/c13-12(7-3-4-8-12)11(15)9-5-1-2-6-10(9)14/h1-2,5-6H,3-4,7-8H2. The van der Waals surface area contributed by atoms with Crippen molar-refractivity contribution in [2.75, 3.05) is 0 Å². The third-order valence-corrected chi connectivity index (χ3v) is 5.02. The van der Waals surface area contributed by atoms with Gasteiger partial charge in [0.2, 0.25) is 0 Å². The van der Waals surface area contributed by atoms with Gasteiger partial charge in [0.05, 0.1) is 4.32 Å². The monoisotopic (exact) mass is 378 g/mol. The Morgan fingerprint density at radius 3 is 2.47 bits per heavy atom. The van der Waals surface area contributed by atoms with Crippen molar-refractivity contribution in [3.63, 3.8) is 0 Å². The van der Waals surface area contributed by atoms with Crippen LogP contribution in [0.15, 0.2) is 24.3 Å². The van der Waals surface area contributed by atoms with E-state index in [0.717, 1.165) is 34.8 Å². The van der Waals surface area contributed by atoms with Crippen molar-refractivity contribution < 1.29 is 4.79 Å². The van der Waals surface area contributed by atoms with E-state index in [1.54, 1.807) is 0 Å². The van der Waals surface area contributed by atoms with Crippen LogP contribution < -0.4 is 0 Å². The maximum atomic E-state index is 12.3. The van der Waals surface area contributed by atoms with E-state index >= 15 is 0 Å². The number of rotatable bonds is 2. The van der Waals surface area contributed by atoms with Crippen LogP contribution in [0.5, 0.6) is 0 Å². The van der Waals surface area contributed by atoms with Gasteiger partial charge in [0, 0.05) is 9.13 Å². The zero-order valence-electron chi connectivity index (χ0n) is 8.30. The van der Waals surface area contributed by atoms with Gasteiger partial charge in [-0.15, -0.1) is 0 Å². The van der Waals surface area contributed by atoms with E-state index in [1.807, 2.05) is 24.3 Å². The molecule has 0 amide bonds. The first kappa shape index (κ1) is 11.6. The number of hydrogen-bond acceptors (Lipinski definition) is 1. The zero-order valence-corrected chi connectivity index (χ0v) is 12.0. The van der Waals surface area contributed by atoms with Gasteiger partial charge < -0.3 is 0 Å². The molecule has 0 aromatic heterocycles. The maximum absolute atomic E-state index is 12.3. The summed E-state index contributed by atoms with van der Waals surface area (Å²) in [5.41, 5.74) is 0.858. The number of carbonyl (C=O) groups is 1. The minimum Gasteiger partial charge on any atom is -0.293 e. The van der Waals surface area contributed by atoms with Crippen LogP contribution in [0.3, 0.4) is 0 Å². The highest BCUT2D eigenvalue weighted by molar-refractivity contribution is 14.1. The Labute approximate surface area is 112 Å².